The summed E-state index contributed by atoms with van der Waals surface area (Å²) in [7, 11) is 3.36. The Kier molecular flexibility index (Phi) is 19.2. The van der Waals surface area contributed by atoms with Gasteiger partial charge < -0.3 is 46.9 Å². The first kappa shape index (κ1) is 58.0. The van der Waals surface area contributed by atoms with Crippen molar-refractivity contribution < 1.29 is 38.3 Å². The van der Waals surface area contributed by atoms with Gasteiger partial charge in [0, 0.05) is 24.1 Å². The highest BCUT2D eigenvalue weighted by Crippen LogP contribution is 2.35. The van der Waals surface area contributed by atoms with Crippen LogP contribution in [0.2, 0.25) is 0 Å². The molecule has 7 N–H and O–H groups in total. The summed E-state index contributed by atoms with van der Waals surface area (Å²) in [6, 6.07) is 26.0. The van der Waals surface area contributed by atoms with E-state index in [9.17, 15) is 33.6 Å². The van der Waals surface area contributed by atoms with Crippen molar-refractivity contribution in [3.05, 3.63) is 148 Å². The van der Waals surface area contributed by atoms with Crippen LogP contribution in [-0.4, -0.2) is 103 Å². The van der Waals surface area contributed by atoms with Gasteiger partial charge in [0.25, 0.3) is 5.91 Å². The Morgan fingerprint density at radius 1 is 0.646 bits per heavy atom. The Morgan fingerprint density at radius 3 is 1.77 bits per heavy atom. The molecule has 8 rings (SSSR count). The SMILES string of the molecule is CN[C@@H](C)C(=O)N[C@@H](Cc1ccc(OCc2ccc(C(=O)N[C@H]3C[C@@H](C(=O)N[C@@H]4CCCc5ccccc54)N(C(=O)[C@@H](NC(=O)[C@H](C)NC)C(C)(C)C)C3)cc2)cc1)C(=O)[C@@H]1CC=CC[C@H]1C(=O)N[C@@H]1CCCc2ccccc21. The molecular formula is C63H80N8O8. The Labute approximate surface area is 465 Å². The van der Waals surface area contributed by atoms with Crippen molar-refractivity contribution in [3.63, 3.8) is 0 Å². The van der Waals surface area contributed by atoms with E-state index in [1.54, 1.807) is 40.1 Å². The van der Waals surface area contributed by atoms with E-state index < -0.39 is 59.4 Å². The molecule has 1 heterocycles. The van der Waals surface area contributed by atoms with Crippen LogP contribution in [0.5, 0.6) is 5.75 Å². The molecule has 3 aliphatic carbocycles. The molecule has 16 heteroatoms. The highest BCUT2D eigenvalue weighted by molar-refractivity contribution is 5.97. The highest BCUT2D eigenvalue weighted by atomic mass is 16.5. The number of aryl methyl sites for hydroxylation is 2. The van der Waals surface area contributed by atoms with Gasteiger partial charge in [0.15, 0.2) is 5.78 Å². The van der Waals surface area contributed by atoms with Crippen LogP contribution in [-0.2, 0) is 54.6 Å². The minimum absolute atomic E-state index is 0.0770. The largest absolute Gasteiger partial charge is 0.489 e. The van der Waals surface area contributed by atoms with Gasteiger partial charge in [-0.3, -0.25) is 33.6 Å². The normalized spacial score (nSPS) is 22.1. The fraction of sp³-hybridized carbons (Fsp3) is 0.476. The molecule has 79 heavy (non-hydrogen) atoms. The third kappa shape index (κ3) is 14.4. The zero-order chi connectivity index (χ0) is 56.4. The molecule has 1 aliphatic heterocycles. The number of ether oxygens (including phenoxy) is 1. The molecule has 10 atom stereocenters. The van der Waals surface area contributed by atoms with Crippen molar-refractivity contribution in [2.45, 2.75) is 154 Å². The van der Waals surface area contributed by atoms with Crippen molar-refractivity contribution in [1.82, 2.24) is 42.1 Å². The maximum absolute atomic E-state index is 14.6. The third-order valence-corrected chi connectivity index (χ3v) is 16.4. The van der Waals surface area contributed by atoms with Gasteiger partial charge >= 0.3 is 0 Å². The Bertz CT molecular complexity index is 2860. The first-order valence-corrected chi connectivity index (χ1v) is 28.2. The van der Waals surface area contributed by atoms with Gasteiger partial charge in [0.2, 0.25) is 29.5 Å². The standard InChI is InChI=1S/C63H80N8O8/c1-38(64-6)57(73)69-53(55(72)49-22-12-13-23-50(49)60(76)67-51-24-14-18-42-16-8-10-20-47(42)51)34-40-28-32-46(33-29-40)79-37-41-26-30-44(31-27-41)59(75)66-45-35-54(61(77)68-52-25-15-19-43-17-9-11-21-48(43)52)71(36-45)62(78)56(63(3,4)5)70-58(74)39(2)65-7/h8-13,16-17,20-21,26-33,38-39,45,49-54,56,64-65H,14-15,18-19,22-25,34-37H2,1-7H3,(H,66,75)(H,67,76)(H,68,77)(H,69,73)(H,70,74)/t38-,39-,45-,49+,50+,51+,52+,53-,54-,56+/m0/s1. The number of hydrogen-bond acceptors (Lipinski definition) is 10. The lowest BCUT2D eigenvalue weighted by Gasteiger charge is -2.36. The molecule has 0 aromatic heterocycles. The van der Waals surface area contributed by atoms with Crippen LogP contribution in [0, 0.1) is 17.3 Å². The molecule has 4 aliphatic rings. The third-order valence-electron chi connectivity index (χ3n) is 16.4. The number of hydrogen-bond donors (Lipinski definition) is 7. The summed E-state index contributed by atoms with van der Waals surface area (Å²) in [5, 5.41) is 21.4. The summed E-state index contributed by atoms with van der Waals surface area (Å²) in [6.07, 6.45) is 10.6. The lowest BCUT2D eigenvalue weighted by atomic mass is 9.76. The van der Waals surface area contributed by atoms with Crippen LogP contribution in [0.4, 0.5) is 0 Å². The van der Waals surface area contributed by atoms with E-state index in [0.29, 0.717) is 24.2 Å². The summed E-state index contributed by atoms with van der Waals surface area (Å²) in [4.78, 5) is 99.4. The molecule has 1 fully saturated rings. The topological polar surface area (TPSA) is 216 Å². The molecule has 6 amide bonds. The van der Waals surface area contributed by atoms with Crippen LogP contribution in [0.1, 0.15) is 135 Å². The van der Waals surface area contributed by atoms with Gasteiger partial charge in [-0.2, -0.15) is 0 Å². The molecule has 420 valence electrons. The van der Waals surface area contributed by atoms with Gasteiger partial charge in [-0.05, 0) is 155 Å². The van der Waals surface area contributed by atoms with Gasteiger partial charge in [-0.25, -0.2) is 0 Å². The second kappa shape index (κ2) is 26.2. The van der Waals surface area contributed by atoms with Crippen LogP contribution < -0.4 is 42.0 Å². The van der Waals surface area contributed by atoms with Crippen LogP contribution >= 0.6 is 0 Å². The summed E-state index contributed by atoms with van der Waals surface area (Å²) in [6.45, 7) is 9.34. The molecule has 1 saturated heterocycles. The van der Waals surface area contributed by atoms with E-state index in [0.717, 1.165) is 60.8 Å². The van der Waals surface area contributed by atoms with E-state index in [-0.39, 0.29) is 73.4 Å². The van der Waals surface area contributed by atoms with Gasteiger partial charge in [-0.1, -0.05) is 106 Å². The smallest absolute Gasteiger partial charge is 0.251 e. The summed E-state index contributed by atoms with van der Waals surface area (Å²) < 4.78 is 6.16. The number of fused-ring (bicyclic) bond motifs is 2. The lowest BCUT2D eigenvalue weighted by Crippen LogP contribution is -2.59. The van der Waals surface area contributed by atoms with Crippen molar-refractivity contribution >= 4 is 41.2 Å². The van der Waals surface area contributed by atoms with E-state index in [1.807, 2.05) is 99.7 Å². The zero-order valence-electron chi connectivity index (χ0n) is 46.9. The number of nitrogens with zero attached hydrogens (tertiary/aromatic N) is 1. The van der Waals surface area contributed by atoms with Gasteiger partial charge in [-0.15, -0.1) is 0 Å². The lowest BCUT2D eigenvalue weighted by molar-refractivity contribution is -0.144. The predicted octanol–water partition coefficient (Wildman–Crippen LogP) is 6.28. The van der Waals surface area contributed by atoms with Gasteiger partial charge in [0.1, 0.15) is 24.4 Å². The zero-order valence-corrected chi connectivity index (χ0v) is 46.9. The van der Waals surface area contributed by atoms with Crippen molar-refractivity contribution in [2.75, 3.05) is 20.6 Å². The quantitative estimate of drug-likeness (QED) is 0.0492. The number of likely N-dealkylation sites (tertiary alicyclic amines) is 1. The van der Waals surface area contributed by atoms with Crippen molar-refractivity contribution in [1.29, 1.82) is 0 Å². The van der Waals surface area contributed by atoms with E-state index in [4.69, 9.17) is 4.74 Å². The highest BCUT2D eigenvalue weighted by Gasteiger charge is 2.46. The number of likely N-dealkylation sites (N-methyl/N-ethyl adjacent to an activating group) is 2. The number of carbonyl (C=O) groups excluding carboxylic acids is 7. The Morgan fingerprint density at radius 2 is 1.19 bits per heavy atom. The molecule has 16 nitrogen and oxygen atoms in total. The Balaban J connectivity index is 0.893. The second-order valence-electron chi connectivity index (χ2n) is 23.0. The van der Waals surface area contributed by atoms with Crippen LogP contribution in [0.3, 0.4) is 0 Å². The molecule has 4 aromatic rings. The molecule has 4 aromatic carbocycles. The maximum atomic E-state index is 14.6. The number of nitrogens with one attached hydrogen (secondary N) is 7. The summed E-state index contributed by atoms with van der Waals surface area (Å²) in [5.74, 6) is -2.62. The average Bonchev–Trinajstić information content (AvgIpc) is 4.06. The molecule has 0 unspecified atom stereocenters. The minimum atomic E-state index is -0.941. The molecule has 0 saturated carbocycles. The maximum Gasteiger partial charge on any atom is 0.251 e. The van der Waals surface area contributed by atoms with Crippen LogP contribution in [0.15, 0.2) is 109 Å². The molecule has 0 bridgehead atoms. The fourth-order valence-corrected chi connectivity index (χ4v) is 11.5. The average molecular weight is 1080 g/mol. The van der Waals surface area contributed by atoms with Crippen molar-refractivity contribution in [3.8, 4) is 5.75 Å². The monoisotopic (exact) mass is 1080 g/mol. The summed E-state index contributed by atoms with van der Waals surface area (Å²) >= 11 is 0. The first-order chi connectivity index (χ1) is 37.9. The first-order valence-electron chi connectivity index (χ1n) is 28.2. The van der Waals surface area contributed by atoms with Crippen molar-refractivity contribution in [2.24, 2.45) is 17.3 Å². The number of Topliss-reactive ketones (excluding diaryl/α,β-unsaturated/α-hetero) is 1. The minimum Gasteiger partial charge on any atom is -0.489 e. The number of benzene rings is 4. The molecule has 0 radical (unpaired) electrons. The fourth-order valence-electron chi connectivity index (χ4n) is 11.5. The molecular weight excluding hydrogens is 997 g/mol. The predicted molar refractivity (Wildman–Crippen MR) is 304 cm³/mol. The summed E-state index contributed by atoms with van der Waals surface area (Å²) in [5.41, 5.74) is 5.94. The number of ketones is 1. The Hall–Kier alpha value is -7.17. The number of carbonyl (C=O) groups is 7. The molecule has 0 spiro atoms. The second-order valence-corrected chi connectivity index (χ2v) is 23.0. The number of amides is 6. The van der Waals surface area contributed by atoms with E-state index in [2.05, 4.69) is 55.4 Å². The van der Waals surface area contributed by atoms with E-state index >= 15 is 0 Å². The number of rotatable bonds is 20. The van der Waals surface area contributed by atoms with E-state index in [1.165, 1.54) is 16.0 Å². The van der Waals surface area contributed by atoms with Gasteiger partial charge in [0.05, 0.1) is 36.1 Å². The van der Waals surface area contributed by atoms with Crippen LogP contribution in [0.25, 0.3) is 0 Å². The number of allylic oxidation sites excluding steroid dienone is 2.